The summed E-state index contributed by atoms with van der Waals surface area (Å²) in [7, 11) is 1.62. The van der Waals surface area contributed by atoms with Crippen LogP contribution >= 0.6 is 0 Å². The maximum atomic E-state index is 9.18. The van der Waals surface area contributed by atoms with Gasteiger partial charge in [0.1, 0.15) is 17.8 Å². The zero-order valence-corrected chi connectivity index (χ0v) is 10.4. The molecular weight excluding hydrogens is 346 g/mol. The van der Waals surface area contributed by atoms with Crippen LogP contribution in [0.15, 0.2) is 0 Å². The van der Waals surface area contributed by atoms with Crippen LogP contribution in [0.2, 0.25) is 0 Å². The minimum atomic E-state index is -0.598. The number of aliphatic hydroxyl groups is 1. The molecule has 0 aromatic carbocycles. The first-order valence-corrected chi connectivity index (χ1v) is 4.16. The van der Waals surface area contributed by atoms with Crippen LogP contribution < -0.4 is 0 Å². The maximum Gasteiger partial charge on any atom is 0.143 e. The van der Waals surface area contributed by atoms with Crippen molar-refractivity contribution < 1.29 is 39.7 Å². The Morgan fingerprint density at radius 2 is 2.31 bits per heavy atom. The predicted molar refractivity (Wildman–Crippen MR) is 40.9 cm³/mol. The monoisotopic (exact) mass is 361 g/mol. The second-order valence-electron chi connectivity index (χ2n) is 3.48. The van der Waals surface area contributed by atoms with Gasteiger partial charge in [-0.15, -0.1) is 0 Å². The van der Waals surface area contributed by atoms with Crippen molar-refractivity contribution in [1.82, 2.24) is 0 Å². The molecule has 0 aromatic heterocycles. The topological polar surface area (TPSA) is 47.9 Å². The first-order valence-electron chi connectivity index (χ1n) is 4.16. The molecule has 5 heteroatoms. The molecule has 4 nitrogen and oxygen atoms in total. The van der Waals surface area contributed by atoms with Gasteiger partial charge in [0, 0.05) is 27.5 Å². The molecule has 2 rings (SSSR count). The third-order valence-corrected chi connectivity index (χ3v) is 2.74. The standard InChI is InChI=1S/C8H14O4.Re/c1-5-6-7(10-2)8(3-9,12-5)4-11-6;/h5-7,9H,3-4H2,1-2H3;. The fourth-order valence-electron chi connectivity index (χ4n) is 2.15. The van der Waals surface area contributed by atoms with Crippen molar-refractivity contribution in [3.05, 3.63) is 0 Å². The predicted octanol–water partition coefficient (Wildman–Crippen LogP) is -0.452. The van der Waals surface area contributed by atoms with Gasteiger partial charge in [-0.1, -0.05) is 0 Å². The number of methoxy groups -OCH3 is 1. The Balaban J connectivity index is 0.000000845. The summed E-state index contributed by atoms with van der Waals surface area (Å²) in [5.41, 5.74) is -0.598. The van der Waals surface area contributed by atoms with Gasteiger partial charge in [0.05, 0.1) is 19.3 Å². The van der Waals surface area contributed by atoms with E-state index < -0.39 is 5.60 Å². The van der Waals surface area contributed by atoms with Gasteiger partial charge in [0.15, 0.2) is 0 Å². The van der Waals surface area contributed by atoms with E-state index in [4.69, 9.17) is 14.2 Å². The summed E-state index contributed by atoms with van der Waals surface area (Å²) in [4.78, 5) is 0. The van der Waals surface area contributed by atoms with E-state index in [2.05, 4.69) is 0 Å². The molecule has 4 unspecified atom stereocenters. The molecule has 2 aliphatic rings. The number of hydrogen-bond acceptors (Lipinski definition) is 4. The summed E-state index contributed by atoms with van der Waals surface area (Å²) in [6.07, 6.45) is -0.101. The Morgan fingerprint density at radius 1 is 1.62 bits per heavy atom. The van der Waals surface area contributed by atoms with E-state index in [1.54, 1.807) is 7.11 Å². The number of aliphatic hydroxyl groups excluding tert-OH is 1. The molecule has 4 atom stereocenters. The van der Waals surface area contributed by atoms with Gasteiger partial charge in [0.25, 0.3) is 0 Å². The molecule has 1 radical (unpaired) electrons. The fourth-order valence-corrected chi connectivity index (χ4v) is 2.15. The minimum absolute atomic E-state index is 0. The van der Waals surface area contributed by atoms with Crippen molar-refractivity contribution in [2.45, 2.75) is 30.8 Å². The summed E-state index contributed by atoms with van der Waals surface area (Å²) in [5, 5.41) is 9.18. The minimum Gasteiger partial charge on any atom is -0.393 e. The van der Waals surface area contributed by atoms with Crippen LogP contribution in [0.5, 0.6) is 0 Å². The van der Waals surface area contributed by atoms with Crippen LogP contribution in [-0.4, -0.2) is 49.3 Å². The van der Waals surface area contributed by atoms with Crippen LogP contribution in [0.4, 0.5) is 0 Å². The van der Waals surface area contributed by atoms with Crippen LogP contribution in [-0.2, 0) is 34.6 Å². The van der Waals surface area contributed by atoms with Gasteiger partial charge in [-0.2, -0.15) is 0 Å². The van der Waals surface area contributed by atoms with Gasteiger partial charge in [-0.25, -0.2) is 0 Å². The third-order valence-electron chi connectivity index (χ3n) is 2.74. The molecule has 2 fully saturated rings. The Hall–Kier alpha value is 0.502. The van der Waals surface area contributed by atoms with Crippen molar-refractivity contribution in [2.24, 2.45) is 0 Å². The van der Waals surface area contributed by atoms with Gasteiger partial charge in [-0.3, -0.25) is 0 Å². The number of rotatable bonds is 2. The molecule has 2 heterocycles. The van der Waals surface area contributed by atoms with E-state index in [0.717, 1.165) is 0 Å². The van der Waals surface area contributed by atoms with E-state index in [1.807, 2.05) is 6.92 Å². The summed E-state index contributed by atoms with van der Waals surface area (Å²) >= 11 is 0. The largest absolute Gasteiger partial charge is 0.393 e. The van der Waals surface area contributed by atoms with Gasteiger partial charge >= 0.3 is 0 Å². The van der Waals surface area contributed by atoms with Crippen LogP contribution in [0.25, 0.3) is 0 Å². The van der Waals surface area contributed by atoms with E-state index >= 15 is 0 Å². The molecule has 2 saturated heterocycles. The van der Waals surface area contributed by atoms with Gasteiger partial charge in [0.2, 0.25) is 0 Å². The quantitative estimate of drug-likeness (QED) is 0.725. The van der Waals surface area contributed by atoms with Crippen LogP contribution in [0.1, 0.15) is 6.92 Å². The molecule has 0 aromatic rings. The van der Waals surface area contributed by atoms with E-state index in [0.29, 0.717) is 6.61 Å². The Labute approximate surface area is 91.2 Å². The zero-order chi connectivity index (χ0) is 8.77. The Morgan fingerprint density at radius 3 is 2.69 bits per heavy atom. The second-order valence-corrected chi connectivity index (χ2v) is 3.48. The number of fused-ring (bicyclic) bond motifs is 2. The van der Waals surface area contributed by atoms with Crippen molar-refractivity contribution in [1.29, 1.82) is 0 Å². The van der Waals surface area contributed by atoms with Crippen molar-refractivity contribution in [3.63, 3.8) is 0 Å². The van der Waals surface area contributed by atoms with E-state index in [1.165, 1.54) is 0 Å². The molecule has 2 bridgehead atoms. The summed E-state index contributed by atoms with van der Waals surface area (Å²) in [6, 6.07) is 0. The summed E-state index contributed by atoms with van der Waals surface area (Å²) < 4.78 is 16.3. The zero-order valence-electron chi connectivity index (χ0n) is 7.70. The summed E-state index contributed by atoms with van der Waals surface area (Å²) in [6.45, 7) is 2.34. The summed E-state index contributed by atoms with van der Waals surface area (Å²) in [5.74, 6) is 0. The molecule has 0 aliphatic carbocycles. The van der Waals surface area contributed by atoms with Crippen molar-refractivity contribution in [2.75, 3.05) is 20.3 Å². The number of ether oxygens (including phenoxy) is 3. The third kappa shape index (κ3) is 1.48. The maximum absolute atomic E-state index is 9.18. The van der Waals surface area contributed by atoms with Crippen molar-refractivity contribution >= 4 is 0 Å². The van der Waals surface area contributed by atoms with E-state index in [9.17, 15) is 5.11 Å². The molecule has 1 N–H and O–H groups in total. The van der Waals surface area contributed by atoms with Crippen LogP contribution in [0, 0.1) is 0 Å². The second kappa shape index (κ2) is 3.94. The Bertz CT molecular complexity index is 189. The van der Waals surface area contributed by atoms with Gasteiger partial charge < -0.3 is 19.3 Å². The first-order chi connectivity index (χ1) is 5.73. The van der Waals surface area contributed by atoms with Crippen molar-refractivity contribution in [3.8, 4) is 0 Å². The molecule has 2 aliphatic heterocycles. The molecule has 0 amide bonds. The number of hydrogen-bond donors (Lipinski definition) is 1. The smallest absolute Gasteiger partial charge is 0.143 e. The fraction of sp³-hybridized carbons (Fsp3) is 1.00. The average molecular weight is 360 g/mol. The molecule has 77 valence electrons. The SMILES string of the molecule is COC1C2OCC1(CO)OC2C.[Re]. The van der Waals surface area contributed by atoms with Gasteiger partial charge in [-0.05, 0) is 6.92 Å². The normalized spacial score (nSPS) is 47.8. The average Bonchev–Trinajstić information content (AvgIpc) is 2.56. The first kappa shape index (κ1) is 11.6. The molecule has 0 saturated carbocycles. The van der Waals surface area contributed by atoms with E-state index in [-0.39, 0.29) is 45.3 Å². The molecular formula is C8H14O4Re. The molecule has 13 heavy (non-hydrogen) atoms. The molecule has 0 spiro atoms. The van der Waals surface area contributed by atoms with Crippen LogP contribution in [0.3, 0.4) is 0 Å². The Kier molecular flexibility index (Phi) is 3.50.